The molecule has 1 heterocycles. The second-order valence-electron chi connectivity index (χ2n) is 11.3. The van der Waals surface area contributed by atoms with Gasteiger partial charge in [-0.25, -0.2) is 0 Å². The number of hydrogen-bond donors (Lipinski definition) is 3. The van der Waals surface area contributed by atoms with Gasteiger partial charge < -0.3 is 20.1 Å². The number of carbonyl (C=O) groups is 4. The van der Waals surface area contributed by atoms with Crippen LogP contribution in [0.4, 0.5) is 0 Å². The molecule has 3 N–H and O–H groups in total. The van der Waals surface area contributed by atoms with Crippen molar-refractivity contribution in [3.63, 3.8) is 0 Å². The van der Waals surface area contributed by atoms with Crippen LogP contribution in [0.5, 0.6) is 0 Å². The van der Waals surface area contributed by atoms with Gasteiger partial charge in [-0.05, 0) is 57.8 Å². The van der Waals surface area contributed by atoms with E-state index >= 15 is 0 Å². The minimum atomic E-state index is -1.36. The Morgan fingerprint density at radius 3 is 2.22 bits per heavy atom. The number of aliphatic hydroxyl groups excluding tert-OH is 1. The number of likely N-dealkylation sites (tertiary alicyclic amines) is 1. The molecule has 2 rings (SSSR count). The summed E-state index contributed by atoms with van der Waals surface area (Å²) in [7, 11) is 0. The molecule has 1 unspecified atom stereocenters. The zero-order valence-corrected chi connectivity index (χ0v) is 20.4. The molecule has 0 aromatic carbocycles. The fourth-order valence-corrected chi connectivity index (χ4v) is 4.60. The topological polar surface area (TPSA) is 125 Å². The SMILES string of the molecule is CC1CC(NC(=O)[C@@H]2CCCN2C(=O)[C@@H](NC(O)OC(C)(C)C)C(C)(C)C)(C(=O)C=O)C1. The molecule has 0 bridgehead atoms. The van der Waals surface area contributed by atoms with Crippen molar-refractivity contribution in [1.82, 2.24) is 15.5 Å². The fraction of sp³-hybridized carbons (Fsp3) is 0.826. The highest BCUT2D eigenvalue weighted by Crippen LogP contribution is 2.38. The first-order valence-corrected chi connectivity index (χ1v) is 11.3. The number of ketones is 1. The molecular weight excluding hydrogens is 414 g/mol. The summed E-state index contributed by atoms with van der Waals surface area (Å²) in [6, 6.07) is -1.54. The minimum Gasteiger partial charge on any atom is -0.356 e. The first kappa shape index (κ1) is 26.4. The van der Waals surface area contributed by atoms with Gasteiger partial charge in [-0.2, -0.15) is 0 Å². The maximum absolute atomic E-state index is 13.5. The predicted octanol–water partition coefficient (Wildman–Crippen LogP) is 1.13. The molecule has 0 spiro atoms. The third-order valence-electron chi connectivity index (χ3n) is 6.06. The van der Waals surface area contributed by atoms with E-state index in [9.17, 15) is 24.3 Å². The van der Waals surface area contributed by atoms with E-state index in [-0.39, 0.29) is 18.1 Å². The Bertz CT molecular complexity index is 733. The van der Waals surface area contributed by atoms with Crippen LogP contribution in [0.25, 0.3) is 0 Å². The van der Waals surface area contributed by atoms with Crippen molar-refractivity contribution in [2.45, 2.75) is 104 Å². The van der Waals surface area contributed by atoms with Crippen molar-refractivity contribution in [3.05, 3.63) is 0 Å². The Kier molecular flexibility index (Phi) is 7.90. The van der Waals surface area contributed by atoms with Crippen LogP contribution in [0.3, 0.4) is 0 Å². The smallest absolute Gasteiger partial charge is 0.243 e. The number of nitrogens with zero attached hydrogens (tertiary/aromatic N) is 1. The number of amides is 2. The van der Waals surface area contributed by atoms with Gasteiger partial charge in [-0.1, -0.05) is 27.7 Å². The number of hydrogen-bond acceptors (Lipinski definition) is 7. The Hall–Kier alpha value is -1.84. The lowest BCUT2D eigenvalue weighted by atomic mass is 9.67. The van der Waals surface area contributed by atoms with Gasteiger partial charge in [0.1, 0.15) is 11.6 Å². The summed E-state index contributed by atoms with van der Waals surface area (Å²) >= 11 is 0. The van der Waals surface area contributed by atoms with E-state index in [2.05, 4.69) is 10.6 Å². The molecule has 1 aliphatic carbocycles. The van der Waals surface area contributed by atoms with Gasteiger partial charge in [0.05, 0.1) is 11.6 Å². The summed E-state index contributed by atoms with van der Waals surface area (Å²) in [6.07, 6.45) is 0.852. The molecule has 1 saturated carbocycles. The number of carbonyl (C=O) groups excluding carboxylic acids is 4. The second-order valence-corrected chi connectivity index (χ2v) is 11.3. The first-order chi connectivity index (χ1) is 14.6. The maximum Gasteiger partial charge on any atom is 0.243 e. The van der Waals surface area contributed by atoms with Crippen LogP contribution in [0.2, 0.25) is 0 Å². The molecule has 2 amide bonds. The summed E-state index contributed by atoms with van der Waals surface area (Å²) < 4.78 is 5.51. The van der Waals surface area contributed by atoms with E-state index in [0.29, 0.717) is 32.2 Å². The molecular formula is C23H39N3O6. The van der Waals surface area contributed by atoms with Crippen LogP contribution in [-0.2, 0) is 23.9 Å². The van der Waals surface area contributed by atoms with E-state index in [1.807, 2.05) is 27.7 Å². The number of ether oxygens (including phenoxy) is 1. The highest BCUT2D eigenvalue weighted by Gasteiger charge is 2.51. The number of Topliss-reactive ketones (excluding diaryl/α,β-unsaturated/α-hetero) is 1. The van der Waals surface area contributed by atoms with Crippen LogP contribution in [0.15, 0.2) is 0 Å². The van der Waals surface area contributed by atoms with Crippen molar-refractivity contribution in [2.24, 2.45) is 11.3 Å². The van der Waals surface area contributed by atoms with Crippen molar-refractivity contribution >= 4 is 23.9 Å². The number of rotatable bonds is 8. The summed E-state index contributed by atoms with van der Waals surface area (Å²) in [4.78, 5) is 51.4. The van der Waals surface area contributed by atoms with E-state index < -0.39 is 46.7 Å². The molecule has 182 valence electrons. The average Bonchev–Trinajstić information content (AvgIpc) is 3.10. The monoisotopic (exact) mass is 453 g/mol. The Morgan fingerprint density at radius 1 is 1.16 bits per heavy atom. The molecule has 9 heteroatoms. The van der Waals surface area contributed by atoms with Crippen molar-refractivity contribution in [1.29, 1.82) is 0 Å². The molecule has 1 aliphatic heterocycles. The third kappa shape index (κ3) is 6.14. The van der Waals surface area contributed by atoms with Crippen LogP contribution in [0.1, 0.15) is 74.1 Å². The average molecular weight is 454 g/mol. The third-order valence-corrected chi connectivity index (χ3v) is 6.06. The van der Waals surface area contributed by atoms with Gasteiger partial charge in [-0.3, -0.25) is 24.5 Å². The van der Waals surface area contributed by atoms with Gasteiger partial charge in [0.15, 0.2) is 6.29 Å². The molecule has 2 aliphatic rings. The maximum atomic E-state index is 13.5. The van der Waals surface area contributed by atoms with Crippen LogP contribution >= 0.6 is 0 Å². The normalized spacial score (nSPS) is 27.9. The van der Waals surface area contributed by atoms with Crippen LogP contribution in [0, 0.1) is 11.3 Å². The van der Waals surface area contributed by atoms with Crippen molar-refractivity contribution in [3.8, 4) is 0 Å². The molecule has 1 saturated heterocycles. The van der Waals surface area contributed by atoms with Crippen molar-refractivity contribution < 1.29 is 29.0 Å². The highest BCUT2D eigenvalue weighted by molar-refractivity contribution is 6.30. The quantitative estimate of drug-likeness (QED) is 0.286. The van der Waals surface area contributed by atoms with Gasteiger partial charge in [-0.15, -0.1) is 0 Å². The standard InChI is InChI=1S/C23H39N3O6/c1-14-11-23(12-14,16(28)13-27)25-18(29)15-9-8-10-26(15)19(30)17(21(2,3)4)24-20(31)32-22(5,6)7/h13-15,17,20,24,31H,8-12H2,1-7H3,(H,25,29)/t14?,15-,17+,20?,23?/m0/s1. The Balaban J connectivity index is 2.17. The highest BCUT2D eigenvalue weighted by atomic mass is 16.6. The summed E-state index contributed by atoms with van der Waals surface area (Å²) in [5.41, 5.74) is -2.34. The summed E-state index contributed by atoms with van der Waals surface area (Å²) in [6.45, 7) is 13.3. The van der Waals surface area contributed by atoms with Gasteiger partial charge in [0.2, 0.25) is 24.0 Å². The van der Waals surface area contributed by atoms with E-state index in [1.54, 1.807) is 20.8 Å². The lowest BCUT2D eigenvalue weighted by Crippen LogP contribution is -2.65. The van der Waals surface area contributed by atoms with Crippen LogP contribution in [-0.4, -0.2) is 70.1 Å². The van der Waals surface area contributed by atoms with E-state index in [4.69, 9.17) is 4.74 Å². The summed E-state index contributed by atoms with van der Waals surface area (Å²) in [5, 5.41) is 16.0. The lowest BCUT2D eigenvalue weighted by Gasteiger charge is -2.45. The molecule has 0 aromatic rings. The zero-order valence-electron chi connectivity index (χ0n) is 20.4. The minimum absolute atomic E-state index is 0.235. The Labute approximate surface area is 190 Å². The van der Waals surface area contributed by atoms with E-state index in [1.165, 1.54) is 4.90 Å². The molecule has 0 radical (unpaired) electrons. The number of aldehydes is 1. The fourth-order valence-electron chi connectivity index (χ4n) is 4.60. The zero-order chi connectivity index (χ0) is 24.5. The van der Waals surface area contributed by atoms with Gasteiger partial charge in [0.25, 0.3) is 0 Å². The largest absolute Gasteiger partial charge is 0.356 e. The molecule has 9 nitrogen and oxygen atoms in total. The summed E-state index contributed by atoms with van der Waals surface area (Å²) in [5.74, 6) is -1.13. The molecule has 2 fully saturated rings. The van der Waals surface area contributed by atoms with Crippen LogP contribution < -0.4 is 10.6 Å². The molecule has 0 aromatic heterocycles. The van der Waals surface area contributed by atoms with E-state index in [0.717, 1.165) is 0 Å². The molecule has 3 atom stereocenters. The molecule has 32 heavy (non-hydrogen) atoms. The van der Waals surface area contributed by atoms with Gasteiger partial charge >= 0.3 is 0 Å². The second kappa shape index (κ2) is 9.57. The van der Waals surface area contributed by atoms with Crippen molar-refractivity contribution in [2.75, 3.05) is 6.54 Å². The Morgan fingerprint density at radius 2 is 1.75 bits per heavy atom. The van der Waals surface area contributed by atoms with Gasteiger partial charge in [0, 0.05) is 6.54 Å². The lowest BCUT2D eigenvalue weighted by molar-refractivity contribution is -0.192. The first-order valence-electron chi connectivity index (χ1n) is 11.3. The predicted molar refractivity (Wildman–Crippen MR) is 118 cm³/mol. The number of nitrogens with one attached hydrogen (secondary N) is 2. The number of aliphatic hydroxyl groups is 1.